The Bertz CT molecular complexity index is 811. The Kier molecular flexibility index (Phi) is 4.61. The van der Waals surface area contributed by atoms with E-state index in [0.717, 1.165) is 0 Å². The second-order valence-electron chi connectivity index (χ2n) is 9.48. The van der Waals surface area contributed by atoms with Crippen molar-refractivity contribution in [1.82, 2.24) is 0 Å². The Hall–Kier alpha value is -2.30. The van der Waals surface area contributed by atoms with Gasteiger partial charge in [0.25, 0.3) is 0 Å². The first-order valence-corrected chi connectivity index (χ1v) is 9.37. The highest BCUT2D eigenvalue weighted by Gasteiger charge is 2.44. The molecular weight excluding hydrogens is 344 g/mol. The molecule has 2 N–H and O–H groups in total. The van der Waals surface area contributed by atoms with E-state index in [-0.39, 0.29) is 57.9 Å². The lowest BCUT2D eigenvalue weighted by molar-refractivity contribution is -0.119. The van der Waals surface area contributed by atoms with Gasteiger partial charge in [-0.3, -0.25) is 9.59 Å². The Labute approximate surface area is 159 Å². The molecule has 1 aromatic heterocycles. The molecule has 0 bridgehead atoms. The summed E-state index contributed by atoms with van der Waals surface area (Å²) < 4.78 is 5.75. The maximum atomic E-state index is 13.0. The summed E-state index contributed by atoms with van der Waals surface area (Å²) in [5, 5.41) is 21.4. The van der Waals surface area contributed by atoms with Crippen LogP contribution >= 0.6 is 0 Å². The summed E-state index contributed by atoms with van der Waals surface area (Å²) in [6.07, 6.45) is 1.24. The predicted molar refractivity (Wildman–Crippen MR) is 102 cm³/mol. The quantitative estimate of drug-likeness (QED) is 0.773. The molecule has 0 radical (unpaired) electrons. The maximum Gasteiger partial charge on any atom is 0.163 e. The van der Waals surface area contributed by atoms with Gasteiger partial charge in [0.15, 0.2) is 11.6 Å². The molecule has 5 nitrogen and oxygen atoms in total. The molecule has 0 atom stereocenters. The highest BCUT2D eigenvalue weighted by atomic mass is 16.3. The number of Topliss-reactive ketones (excluding diaryl/α,β-unsaturated/α-hetero) is 2. The zero-order valence-electron chi connectivity index (χ0n) is 16.7. The summed E-state index contributed by atoms with van der Waals surface area (Å²) in [6.45, 7) is 9.48. The third-order valence-corrected chi connectivity index (χ3v) is 5.42. The molecule has 0 saturated carbocycles. The summed E-state index contributed by atoms with van der Waals surface area (Å²) in [6, 6.07) is 3.46. The van der Waals surface area contributed by atoms with E-state index >= 15 is 0 Å². The average molecular weight is 372 g/mol. The first-order chi connectivity index (χ1) is 12.4. The van der Waals surface area contributed by atoms with Crippen molar-refractivity contribution in [2.75, 3.05) is 0 Å². The Balaban J connectivity index is 2.20. The number of rotatable bonds is 3. The average Bonchev–Trinajstić information content (AvgIpc) is 2.87. The molecule has 0 aromatic carbocycles. The Morgan fingerprint density at radius 1 is 0.852 bits per heavy atom. The highest BCUT2D eigenvalue weighted by Crippen LogP contribution is 2.48. The largest absolute Gasteiger partial charge is 0.512 e. The van der Waals surface area contributed by atoms with Gasteiger partial charge in [-0.15, -0.1) is 0 Å². The van der Waals surface area contributed by atoms with E-state index in [2.05, 4.69) is 0 Å². The van der Waals surface area contributed by atoms with Gasteiger partial charge in [-0.2, -0.15) is 0 Å². The van der Waals surface area contributed by atoms with E-state index in [1.54, 1.807) is 19.1 Å². The number of carbonyl (C=O) groups is 2. The summed E-state index contributed by atoms with van der Waals surface area (Å²) in [5.74, 6) is -0.284. The monoisotopic (exact) mass is 372 g/mol. The fourth-order valence-electron chi connectivity index (χ4n) is 4.30. The van der Waals surface area contributed by atoms with E-state index < -0.39 is 5.92 Å². The van der Waals surface area contributed by atoms with Gasteiger partial charge in [-0.05, 0) is 29.9 Å². The third kappa shape index (κ3) is 3.73. The standard InChI is InChI=1S/C22H28O5/c1-12-6-7-17(27-12)20(18-13(23)8-21(2,3)9-14(18)24)19-15(25)10-22(4,5)11-16(19)26/h6-7,20,23,25H,8-11H2,1-5H3. The van der Waals surface area contributed by atoms with Crippen molar-refractivity contribution in [2.24, 2.45) is 10.8 Å². The molecule has 5 heteroatoms. The lowest BCUT2D eigenvalue weighted by Gasteiger charge is -2.35. The van der Waals surface area contributed by atoms with Crippen LogP contribution in [0.15, 0.2) is 39.2 Å². The van der Waals surface area contributed by atoms with E-state index in [4.69, 9.17) is 4.42 Å². The molecular formula is C22H28O5. The van der Waals surface area contributed by atoms with Crippen LogP contribution in [0.25, 0.3) is 0 Å². The molecule has 0 unspecified atom stereocenters. The number of aryl methyl sites for hydroxylation is 1. The SMILES string of the molecule is Cc1ccc(C(C2=C(O)CC(C)(C)CC2=O)C2=C(O)CC(C)(C)CC2=O)o1. The second-order valence-corrected chi connectivity index (χ2v) is 9.48. The van der Waals surface area contributed by atoms with Crippen molar-refractivity contribution >= 4 is 11.6 Å². The third-order valence-electron chi connectivity index (χ3n) is 5.42. The Morgan fingerprint density at radius 2 is 1.30 bits per heavy atom. The lowest BCUT2D eigenvalue weighted by Crippen LogP contribution is -2.33. The number of allylic oxidation sites excluding steroid dienone is 4. The zero-order valence-corrected chi connectivity index (χ0v) is 16.7. The van der Waals surface area contributed by atoms with Gasteiger partial charge in [0, 0.05) is 36.8 Å². The number of hydrogen-bond acceptors (Lipinski definition) is 5. The smallest absolute Gasteiger partial charge is 0.163 e. The summed E-state index contributed by atoms with van der Waals surface area (Å²) in [7, 11) is 0. The summed E-state index contributed by atoms with van der Waals surface area (Å²) in [4.78, 5) is 25.9. The van der Waals surface area contributed by atoms with Crippen LogP contribution in [0, 0.1) is 17.8 Å². The number of carbonyl (C=O) groups excluding carboxylic acids is 2. The van der Waals surface area contributed by atoms with Crippen molar-refractivity contribution in [3.8, 4) is 0 Å². The van der Waals surface area contributed by atoms with E-state index in [1.165, 1.54) is 0 Å². The molecule has 2 aliphatic carbocycles. The highest BCUT2D eigenvalue weighted by molar-refractivity contribution is 6.05. The number of aliphatic hydroxyl groups is 2. The van der Waals surface area contributed by atoms with E-state index in [0.29, 0.717) is 24.4 Å². The minimum atomic E-state index is -0.870. The maximum absolute atomic E-state index is 13.0. The molecule has 1 heterocycles. The first kappa shape index (κ1) is 19.5. The van der Waals surface area contributed by atoms with Crippen molar-refractivity contribution in [2.45, 2.75) is 66.2 Å². The van der Waals surface area contributed by atoms with Gasteiger partial charge in [-0.25, -0.2) is 0 Å². The number of ketones is 2. The van der Waals surface area contributed by atoms with Crippen LogP contribution in [-0.2, 0) is 9.59 Å². The first-order valence-electron chi connectivity index (χ1n) is 9.37. The van der Waals surface area contributed by atoms with Crippen LogP contribution in [0.3, 0.4) is 0 Å². The molecule has 2 aliphatic rings. The fraction of sp³-hybridized carbons (Fsp3) is 0.545. The lowest BCUT2D eigenvalue weighted by atomic mass is 9.68. The Morgan fingerprint density at radius 3 is 1.63 bits per heavy atom. The molecule has 0 fully saturated rings. The molecule has 146 valence electrons. The van der Waals surface area contributed by atoms with E-state index in [1.807, 2.05) is 27.7 Å². The van der Waals surface area contributed by atoms with Gasteiger partial charge in [-0.1, -0.05) is 27.7 Å². The van der Waals surface area contributed by atoms with Crippen LogP contribution in [-0.4, -0.2) is 21.8 Å². The molecule has 0 saturated heterocycles. The van der Waals surface area contributed by atoms with Crippen molar-refractivity contribution < 1.29 is 24.2 Å². The van der Waals surface area contributed by atoms with Crippen molar-refractivity contribution in [1.29, 1.82) is 0 Å². The summed E-state index contributed by atoms with van der Waals surface area (Å²) in [5.41, 5.74) is -0.330. The summed E-state index contributed by atoms with van der Waals surface area (Å²) >= 11 is 0. The molecule has 0 spiro atoms. The predicted octanol–water partition coefficient (Wildman–Crippen LogP) is 5.07. The van der Waals surface area contributed by atoms with Crippen molar-refractivity contribution in [3.05, 3.63) is 46.3 Å². The van der Waals surface area contributed by atoms with Crippen LogP contribution < -0.4 is 0 Å². The van der Waals surface area contributed by atoms with Gasteiger partial charge < -0.3 is 14.6 Å². The minimum absolute atomic E-state index is 0.0202. The zero-order chi connectivity index (χ0) is 20.1. The van der Waals surface area contributed by atoms with Crippen LogP contribution in [0.4, 0.5) is 0 Å². The second kappa shape index (κ2) is 6.39. The van der Waals surface area contributed by atoms with Crippen LogP contribution in [0.2, 0.25) is 0 Å². The van der Waals surface area contributed by atoms with Crippen molar-refractivity contribution in [3.63, 3.8) is 0 Å². The van der Waals surface area contributed by atoms with Crippen LogP contribution in [0.5, 0.6) is 0 Å². The fourth-order valence-corrected chi connectivity index (χ4v) is 4.30. The minimum Gasteiger partial charge on any atom is -0.512 e. The van der Waals surface area contributed by atoms with Crippen LogP contribution in [0.1, 0.15) is 70.8 Å². The number of hydrogen-bond donors (Lipinski definition) is 2. The number of aliphatic hydroxyl groups excluding tert-OH is 2. The molecule has 27 heavy (non-hydrogen) atoms. The van der Waals surface area contributed by atoms with Gasteiger partial charge in [0.05, 0.1) is 5.92 Å². The van der Waals surface area contributed by atoms with Gasteiger partial charge >= 0.3 is 0 Å². The normalized spacial score (nSPS) is 22.7. The molecule has 0 aliphatic heterocycles. The van der Waals surface area contributed by atoms with Gasteiger partial charge in [0.2, 0.25) is 0 Å². The molecule has 1 aromatic rings. The molecule has 3 rings (SSSR count). The van der Waals surface area contributed by atoms with Gasteiger partial charge in [0.1, 0.15) is 23.0 Å². The molecule has 0 amide bonds. The topological polar surface area (TPSA) is 87.7 Å². The van der Waals surface area contributed by atoms with E-state index in [9.17, 15) is 19.8 Å². The number of furan rings is 1.